The highest BCUT2D eigenvalue weighted by atomic mass is 35.5. The zero-order chi connectivity index (χ0) is 68.2. The lowest BCUT2D eigenvalue weighted by Crippen LogP contribution is -2.30. The number of hydroxylamine groups is 2. The number of nitriles is 4. The van der Waals surface area contributed by atoms with Crippen LogP contribution in [0, 0.1) is 62.0 Å². The number of aliphatic hydroxyl groups excluding tert-OH is 2. The van der Waals surface area contributed by atoms with Gasteiger partial charge in [-0.1, -0.05) is 24.3 Å². The first kappa shape index (κ1) is 85.5. The molecule has 8 rings (SSSR count). The maximum atomic E-state index is 12.1. The summed E-state index contributed by atoms with van der Waals surface area (Å²) in [6.45, 7) is 2.19. The number of nitrogen functional groups attached to an aromatic ring is 1. The monoisotopic (exact) mass is 1400 g/mol. The summed E-state index contributed by atoms with van der Waals surface area (Å²) in [7, 11) is 1.49. The molecule has 30 heteroatoms. The second-order valence-corrected chi connectivity index (χ2v) is 23.1. The topological polar surface area (TPSA) is 423 Å². The molecular formula is C63H73ClFN13O9S6. The predicted molar refractivity (Wildman–Crippen MR) is 373 cm³/mol. The highest BCUT2D eigenvalue weighted by molar-refractivity contribution is 8.00. The number of thiol groups is 1. The Bertz CT molecular complexity index is 3350. The average molecular weight is 1400 g/mol. The van der Waals surface area contributed by atoms with Crippen LogP contribution in [0.4, 0.5) is 4.39 Å². The van der Waals surface area contributed by atoms with E-state index in [0.717, 1.165) is 57.9 Å². The fourth-order valence-electron chi connectivity index (χ4n) is 6.31. The van der Waals surface area contributed by atoms with Crippen LogP contribution in [-0.4, -0.2) is 120 Å². The van der Waals surface area contributed by atoms with E-state index in [9.17, 15) is 14.0 Å². The molecule has 0 atom stereocenters. The number of fused-ring (bicyclic) bond motifs is 1. The van der Waals surface area contributed by atoms with Gasteiger partial charge in [0.25, 0.3) is 11.8 Å². The Morgan fingerprint density at radius 1 is 0.505 bits per heavy atom. The molecule has 0 radical (unpaired) electrons. The Balaban J connectivity index is 0.00000109. The third-order valence-electron chi connectivity index (χ3n) is 10.6. The zero-order valence-corrected chi connectivity index (χ0v) is 56.2. The van der Waals surface area contributed by atoms with Gasteiger partial charge in [-0.15, -0.1) is 76.3 Å². The summed E-state index contributed by atoms with van der Waals surface area (Å²) < 4.78 is 16.9. The minimum atomic E-state index is -0.422. The Morgan fingerprint density at radius 3 is 1.08 bits per heavy atom. The Kier molecular flexibility index (Phi) is 50.5. The van der Waals surface area contributed by atoms with E-state index < -0.39 is 11.8 Å². The summed E-state index contributed by atoms with van der Waals surface area (Å²) in [6, 6.07) is 57.2. The van der Waals surface area contributed by atoms with Crippen LogP contribution in [0.25, 0.3) is 0 Å². The van der Waals surface area contributed by atoms with Gasteiger partial charge in [0.15, 0.2) is 0 Å². The smallest absolute Gasteiger partial charge is 0.285 e. The van der Waals surface area contributed by atoms with Gasteiger partial charge < -0.3 is 35.2 Å². The number of rotatable bonds is 23. The third-order valence-corrected chi connectivity index (χ3v) is 15.7. The fraction of sp³-hybridized carbons (Fsp3) is 0.206. The Morgan fingerprint density at radius 2 is 0.796 bits per heavy atom. The SMILES string of the molecule is COC(=N)c1ccc(SCCON)cc1.Cl.N#Cc1ccc(F)cc1.N#Cc1ccc(SCCO)cc1.N#Cc1ccc(SCCON)cc1.N#Cc1ccc(SCCON2C(=O)c3ccccc3C2=O)cc1.N=C(N)c1ccc(SCCON)cc1.NN.OCCS. The summed E-state index contributed by atoms with van der Waals surface area (Å²) in [6.07, 6.45) is 0. The molecule has 1 aliphatic rings. The van der Waals surface area contributed by atoms with E-state index in [1.165, 1.54) is 43.1 Å². The van der Waals surface area contributed by atoms with Crippen molar-refractivity contribution in [2.24, 2.45) is 35.1 Å². The number of hydrogen-bond acceptors (Lipinski definition) is 26. The van der Waals surface area contributed by atoms with Gasteiger partial charge in [0, 0.05) is 70.1 Å². The summed E-state index contributed by atoms with van der Waals surface area (Å²) in [4.78, 5) is 48.3. The van der Waals surface area contributed by atoms with E-state index >= 15 is 0 Å². The van der Waals surface area contributed by atoms with Gasteiger partial charge in [-0.3, -0.25) is 36.9 Å². The van der Waals surface area contributed by atoms with Gasteiger partial charge in [-0.05, 0) is 146 Å². The molecule has 0 unspecified atom stereocenters. The number of thioether (sulfide) groups is 5. The molecule has 0 aliphatic carbocycles. The number of ether oxygens (including phenoxy) is 1. The normalized spacial score (nSPS) is 10.1. The molecule has 0 saturated heterocycles. The number of halogens is 2. The molecule has 22 nitrogen and oxygen atoms in total. The number of amides is 2. The van der Waals surface area contributed by atoms with Crippen molar-refractivity contribution in [1.29, 1.82) is 31.9 Å². The van der Waals surface area contributed by atoms with E-state index in [4.69, 9.17) is 75.1 Å². The first-order valence-corrected chi connectivity index (χ1v) is 32.4. The number of nitrogens with zero attached hydrogens (tertiary/aromatic N) is 5. The van der Waals surface area contributed by atoms with Gasteiger partial charge in [-0.2, -0.15) is 33.7 Å². The second-order valence-electron chi connectivity index (χ2n) is 16.8. The molecule has 1 heterocycles. The van der Waals surface area contributed by atoms with Crippen LogP contribution in [-0.2, 0) is 24.1 Å². The van der Waals surface area contributed by atoms with Crippen LogP contribution in [0.2, 0.25) is 0 Å². The molecule has 0 aromatic heterocycles. The number of hydrogen-bond donors (Lipinski definition) is 11. The summed E-state index contributed by atoms with van der Waals surface area (Å²) in [5.41, 5.74) is 10.0. The lowest BCUT2D eigenvalue weighted by atomic mass is 10.1. The van der Waals surface area contributed by atoms with Gasteiger partial charge >= 0.3 is 0 Å². The van der Waals surface area contributed by atoms with Crippen molar-refractivity contribution in [3.05, 3.63) is 220 Å². The van der Waals surface area contributed by atoms with Crippen LogP contribution < -0.4 is 35.1 Å². The number of imide groups is 1. The summed E-state index contributed by atoms with van der Waals surface area (Å²) in [5.74, 6) is 26.1. The molecule has 0 spiro atoms. The van der Waals surface area contributed by atoms with Gasteiger partial charge in [0.2, 0.25) is 5.90 Å². The van der Waals surface area contributed by atoms with Crippen molar-refractivity contribution < 1.29 is 48.3 Å². The van der Waals surface area contributed by atoms with E-state index in [1.807, 2.05) is 91.0 Å². The molecule has 1 aliphatic heterocycles. The van der Waals surface area contributed by atoms with Crippen molar-refractivity contribution in [3.8, 4) is 24.3 Å². The number of carbonyl (C=O) groups excluding carboxylic acids is 2. The van der Waals surface area contributed by atoms with Crippen molar-refractivity contribution in [2.45, 2.75) is 24.5 Å². The molecule has 93 heavy (non-hydrogen) atoms. The van der Waals surface area contributed by atoms with Crippen molar-refractivity contribution in [3.63, 3.8) is 0 Å². The molecule has 7 aromatic carbocycles. The zero-order valence-electron chi connectivity index (χ0n) is 50.4. The molecule has 16 N–H and O–H groups in total. The average Bonchev–Trinajstić information content (AvgIpc) is 1.66. The van der Waals surface area contributed by atoms with Crippen LogP contribution in [0.15, 0.2) is 194 Å². The highest BCUT2D eigenvalue weighted by Crippen LogP contribution is 2.25. The number of carbonyl (C=O) groups is 2. The lowest BCUT2D eigenvalue weighted by molar-refractivity contribution is -0.0852. The molecule has 7 aromatic rings. The number of aliphatic hydroxyl groups is 2. The first-order chi connectivity index (χ1) is 44.7. The maximum Gasteiger partial charge on any atom is 0.285 e. The molecule has 0 bridgehead atoms. The van der Waals surface area contributed by atoms with Crippen LogP contribution in [0.1, 0.15) is 54.1 Å². The quantitative estimate of drug-likeness (QED) is 0.00415. The Hall–Kier alpha value is -7.54. The number of benzene rings is 7. The van der Waals surface area contributed by atoms with Crippen molar-refractivity contribution in [2.75, 3.05) is 81.3 Å². The number of amidine groups is 1. The summed E-state index contributed by atoms with van der Waals surface area (Å²) in [5, 5.41) is 65.9. The summed E-state index contributed by atoms with van der Waals surface area (Å²) >= 11 is 11.7. The lowest BCUT2D eigenvalue weighted by Gasteiger charge is -2.13. The number of nitrogens with one attached hydrogen (secondary N) is 2. The minimum absolute atomic E-state index is 0. The second kappa shape index (κ2) is 55.0. The largest absolute Gasteiger partial charge is 0.481 e. The molecule has 0 saturated carbocycles. The maximum absolute atomic E-state index is 12.1. The third kappa shape index (κ3) is 37.1. The van der Waals surface area contributed by atoms with Crippen LogP contribution in [0.5, 0.6) is 0 Å². The molecule has 0 fully saturated rings. The first-order valence-electron chi connectivity index (χ1n) is 26.9. The molecule has 2 amide bonds. The van der Waals surface area contributed by atoms with E-state index in [1.54, 1.807) is 108 Å². The van der Waals surface area contributed by atoms with Gasteiger partial charge in [0.1, 0.15) is 11.7 Å². The highest BCUT2D eigenvalue weighted by Gasteiger charge is 2.36. The number of nitrogens with two attached hydrogens (primary N) is 6. The predicted octanol–water partition coefficient (Wildman–Crippen LogP) is 9.50. The van der Waals surface area contributed by atoms with Crippen LogP contribution in [0.3, 0.4) is 0 Å². The van der Waals surface area contributed by atoms with Crippen molar-refractivity contribution >= 4 is 107 Å². The van der Waals surface area contributed by atoms with Crippen LogP contribution >= 0.6 is 83.8 Å². The van der Waals surface area contributed by atoms with Gasteiger partial charge in [-0.25, -0.2) is 22.1 Å². The van der Waals surface area contributed by atoms with E-state index in [2.05, 4.69) is 57.0 Å². The fourth-order valence-corrected chi connectivity index (χ4v) is 9.92. The van der Waals surface area contributed by atoms with Gasteiger partial charge in [0.05, 0.1) is 104 Å². The van der Waals surface area contributed by atoms with E-state index in [0.29, 0.717) is 70.5 Å². The minimum Gasteiger partial charge on any atom is -0.481 e. The standard InChI is InChI=1S/C17H12N2O3S.C10H14N2O2S.C9H13N3OS.C9H10N2OS.C9H9NOS.C7H4FN.C2H6OS.ClH.H4N2/c18-11-12-5-7-13(8-6-12)23-10-9-22-19-16(20)14-3-1-2-4-15(14)17(19)21;1-13-10(11)8-2-4-9(5-3-8)15-7-6-14-12;10-9(11)7-1-3-8(4-2-7)14-6-5-13-12;10-7-8-1-3-9(4-2-8)13-6-5-12-11;10-7-8-1-3-9(4-2-8)12-6-5-11;8-7-3-1-6(5-9)2-4-7;3-1-2-4;;1-2/h1-8H,9-10H2;2-5,11H,6-7,12H2,1H3;1-4H,5-6,12H2,(H3,10,11);1-4H,5-6,11H2;1-4,11H,5-6H2;1-4H;3-4H,1-2H2;1H;1-2H2. The molecular weight excluding hydrogens is 1330 g/mol. The Labute approximate surface area is 574 Å². The number of hydrazine groups is 1. The number of methoxy groups -OCH3 is 1. The van der Waals surface area contributed by atoms with Crippen molar-refractivity contribution in [1.82, 2.24) is 5.06 Å². The van der Waals surface area contributed by atoms with E-state index in [-0.39, 0.29) is 49.8 Å². The molecule has 494 valence electrons.